The minimum Gasteiger partial charge on any atom is -0.507 e. The molecule has 0 aromatic heterocycles. The molecule has 0 aliphatic rings. The highest BCUT2D eigenvalue weighted by atomic mass is 16.5. The summed E-state index contributed by atoms with van der Waals surface area (Å²) in [6.45, 7) is 3.31. The van der Waals surface area contributed by atoms with Gasteiger partial charge in [-0.1, -0.05) is 24.8 Å². The predicted molar refractivity (Wildman–Crippen MR) is 62.8 cm³/mol. The summed E-state index contributed by atoms with van der Waals surface area (Å²) in [5.41, 5.74) is 0.171. The van der Waals surface area contributed by atoms with Gasteiger partial charge in [-0.15, -0.1) is 0 Å². The van der Waals surface area contributed by atoms with Crippen molar-refractivity contribution in [3.05, 3.63) is 42.5 Å². The zero-order valence-corrected chi connectivity index (χ0v) is 9.37. The maximum Gasteiger partial charge on any atom is 0.342 e. The standard InChI is InChI=1S/C10H10O3.C2H6O2/c1-2-7-13-10(12)8-5-3-4-6-9(8)11;3-1-2-4/h2-6,11H,1,7H2;3-4H,1-2H2. The molecule has 5 nitrogen and oxygen atoms in total. The number of rotatable bonds is 4. The van der Waals surface area contributed by atoms with Crippen LogP contribution in [-0.2, 0) is 4.74 Å². The Hall–Kier alpha value is -1.85. The number of para-hydroxylation sites is 1. The molecule has 0 aliphatic heterocycles. The van der Waals surface area contributed by atoms with E-state index in [1.807, 2.05) is 0 Å². The lowest BCUT2D eigenvalue weighted by Crippen LogP contribution is -2.04. The Morgan fingerprint density at radius 2 is 1.88 bits per heavy atom. The lowest BCUT2D eigenvalue weighted by atomic mass is 10.2. The van der Waals surface area contributed by atoms with E-state index in [9.17, 15) is 9.90 Å². The Kier molecular flexibility index (Phi) is 8.36. The number of phenols is 1. The second-order valence-electron chi connectivity index (χ2n) is 2.85. The first-order valence-electron chi connectivity index (χ1n) is 4.95. The van der Waals surface area contributed by atoms with Gasteiger partial charge in [-0.2, -0.15) is 0 Å². The highest BCUT2D eigenvalue weighted by molar-refractivity contribution is 5.92. The number of hydrogen-bond donors (Lipinski definition) is 3. The fraction of sp³-hybridized carbons (Fsp3) is 0.250. The van der Waals surface area contributed by atoms with Gasteiger partial charge in [0.2, 0.25) is 0 Å². The molecule has 0 saturated carbocycles. The third kappa shape index (κ3) is 6.34. The van der Waals surface area contributed by atoms with Gasteiger partial charge in [-0.25, -0.2) is 4.79 Å². The smallest absolute Gasteiger partial charge is 0.342 e. The van der Waals surface area contributed by atoms with Crippen molar-refractivity contribution in [2.75, 3.05) is 19.8 Å². The monoisotopic (exact) mass is 240 g/mol. The number of carbonyl (C=O) groups excluding carboxylic acids is 1. The second-order valence-corrected chi connectivity index (χ2v) is 2.85. The van der Waals surface area contributed by atoms with E-state index in [4.69, 9.17) is 14.9 Å². The number of ether oxygens (including phenoxy) is 1. The summed E-state index contributed by atoms with van der Waals surface area (Å²) in [7, 11) is 0. The van der Waals surface area contributed by atoms with Crippen molar-refractivity contribution in [1.82, 2.24) is 0 Å². The van der Waals surface area contributed by atoms with Gasteiger partial charge in [0.1, 0.15) is 17.9 Å². The van der Waals surface area contributed by atoms with Crippen molar-refractivity contribution >= 4 is 5.97 Å². The third-order valence-electron chi connectivity index (χ3n) is 1.56. The number of phenolic OH excluding ortho intramolecular Hbond substituents is 1. The summed E-state index contributed by atoms with van der Waals surface area (Å²) >= 11 is 0. The van der Waals surface area contributed by atoms with Crippen LogP contribution in [0.15, 0.2) is 36.9 Å². The Labute approximate surface area is 99.6 Å². The molecule has 17 heavy (non-hydrogen) atoms. The molecule has 0 aliphatic carbocycles. The van der Waals surface area contributed by atoms with Crippen LogP contribution in [-0.4, -0.2) is 41.1 Å². The summed E-state index contributed by atoms with van der Waals surface area (Å²) < 4.78 is 4.74. The molecule has 0 atom stereocenters. The molecule has 0 radical (unpaired) electrons. The van der Waals surface area contributed by atoms with E-state index < -0.39 is 5.97 Å². The fourth-order valence-corrected chi connectivity index (χ4v) is 0.859. The third-order valence-corrected chi connectivity index (χ3v) is 1.56. The van der Waals surface area contributed by atoms with E-state index in [0.29, 0.717) is 0 Å². The van der Waals surface area contributed by atoms with Crippen LogP contribution in [0.5, 0.6) is 5.75 Å². The molecular weight excluding hydrogens is 224 g/mol. The van der Waals surface area contributed by atoms with Crippen LogP contribution in [0.1, 0.15) is 10.4 Å². The maximum atomic E-state index is 11.2. The average molecular weight is 240 g/mol. The number of hydrogen-bond acceptors (Lipinski definition) is 5. The van der Waals surface area contributed by atoms with E-state index in [2.05, 4.69) is 6.58 Å². The molecule has 1 aromatic carbocycles. The van der Waals surface area contributed by atoms with Crippen molar-refractivity contribution in [3.63, 3.8) is 0 Å². The van der Waals surface area contributed by atoms with Crippen LogP contribution in [0.25, 0.3) is 0 Å². The van der Waals surface area contributed by atoms with Crippen molar-refractivity contribution < 1.29 is 24.9 Å². The van der Waals surface area contributed by atoms with Crippen molar-refractivity contribution in [3.8, 4) is 5.75 Å². The van der Waals surface area contributed by atoms with Gasteiger partial charge < -0.3 is 20.1 Å². The van der Waals surface area contributed by atoms with Gasteiger partial charge in [-0.3, -0.25) is 0 Å². The molecule has 0 bridgehead atoms. The van der Waals surface area contributed by atoms with Gasteiger partial charge in [0.15, 0.2) is 0 Å². The molecule has 0 spiro atoms. The topological polar surface area (TPSA) is 87.0 Å². The van der Waals surface area contributed by atoms with Gasteiger partial charge in [0, 0.05) is 0 Å². The minimum absolute atomic E-state index is 0.0726. The molecule has 0 heterocycles. The van der Waals surface area contributed by atoms with Crippen molar-refractivity contribution in [2.45, 2.75) is 0 Å². The van der Waals surface area contributed by atoms with E-state index in [1.165, 1.54) is 18.2 Å². The molecule has 3 N–H and O–H groups in total. The Morgan fingerprint density at radius 3 is 2.35 bits per heavy atom. The first kappa shape index (κ1) is 15.2. The van der Waals surface area contributed by atoms with E-state index in [-0.39, 0.29) is 31.1 Å². The number of benzene rings is 1. The molecule has 0 saturated heterocycles. The van der Waals surface area contributed by atoms with Crippen LogP contribution in [0.2, 0.25) is 0 Å². The molecule has 94 valence electrons. The Morgan fingerprint density at radius 1 is 1.29 bits per heavy atom. The summed E-state index contributed by atoms with van der Waals surface area (Å²) in [4.78, 5) is 11.2. The zero-order chi connectivity index (χ0) is 13.1. The maximum absolute atomic E-state index is 11.2. The second kappa shape index (κ2) is 9.38. The SMILES string of the molecule is C=CCOC(=O)c1ccccc1O.OCCO. The van der Waals surface area contributed by atoms with Crippen molar-refractivity contribution in [1.29, 1.82) is 0 Å². The van der Waals surface area contributed by atoms with Gasteiger partial charge in [0.25, 0.3) is 0 Å². The normalized spacial score (nSPS) is 8.82. The quantitative estimate of drug-likeness (QED) is 0.533. The first-order valence-corrected chi connectivity index (χ1v) is 4.95. The number of aliphatic hydroxyl groups excluding tert-OH is 2. The van der Waals surface area contributed by atoms with Gasteiger partial charge >= 0.3 is 5.97 Å². The summed E-state index contributed by atoms with van der Waals surface area (Å²) in [6, 6.07) is 6.23. The molecule has 5 heteroatoms. The summed E-state index contributed by atoms with van der Waals surface area (Å²) in [6.07, 6.45) is 1.47. The van der Waals surface area contributed by atoms with Crippen LogP contribution in [0.4, 0.5) is 0 Å². The van der Waals surface area contributed by atoms with E-state index in [0.717, 1.165) is 0 Å². The number of carbonyl (C=O) groups is 1. The minimum atomic E-state index is -0.544. The molecule has 0 fully saturated rings. The lowest BCUT2D eigenvalue weighted by Gasteiger charge is -2.02. The van der Waals surface area contributed by atoms with Crippen LogP contribution in [0, 0.1) is 0 Å². The molecule has 0 amide bonds. The van der Waals surface area contributed by atoms with Gasteiger partial charge in [-0.05, 0) is 12.1 Å². The highest BCUT2D eigenvalue weighted by Crippen LogP contribution is 2.16. The molecule has 1 aromatic rings. The van der Waals surface area contributed by atoms with E-state index in [1.54, 1.807) is 12.1 Å². The summed E-state index contributed by atoms with van der Waals surface area (Å²) in [5, 5.41) is 24.5. The number of aromatic hydroxyl groups is 1. The number of esters is 1. The Balaban J connectivity index is 0.000000557. The fourth-order valence-electron chi connectivity index (χ4n) is 0.859. The van der Waals surface area contributed by atoms with Gasteiger partial charge in [0.05, 0.1) is 13.2 Å². The molecule has 0 unspecified atom stereocenters. The van der Waals surface area contributed by atoms with Crippen LogP contribution in [0.3, 0.4) is 0 Å². The van der Waals surface area contributed by atoms with Crippen LogP contribution >= 0.6 is 0 Å². The lowest BCUT2D eigenvalue weighted by molar-refractivity contribution is 0.0546. The molecular formula is C12H16O5. The first-order chi connectivity index (χ1) is 8.17. The summed E-state index contributed by atoms with van der Waals surface area (Å²) in [5.74, 6) is -0.616. The van der Waals surface area contributed by atoms with Crippen molar-refractivity contribution in [2.24, 2.45) is 0 Å². The predicted octanol–water partition coefficient (Wildman–Crippen LogP) is 0.706. The van der Waals surface area contributed by atoms with Crippen LogP contribution < -0.4 is 0 Å². The zero-order valence-electron chi connectivity index (χ0n) is 9.37. The largest absolute Gasteiger partial charge is 0.507 e. The Bertz CT molecular complexity index is 347. The van der Waals surface area contributed by atoms with E-state index >= 15 is 0 Å². The average Bonchev–Trinajstić information content (AvgIpc) is 2.37. The number of aliphatic hydroxyl groups is 2. The highest BCUT2D eigenvalue weighted by Gasteiger charge is 2.09. The molecule has 1 rings (SSSR count).